The molecule has 0 saturated carbocycles. The van der Waals surface area contributed by atoms with Crippen LogP contribution in [0.3, 0.4) is 0 Å². The second-order valence-corrected chi connectivity index (χ2v) is 6.61. The van der Waals surface area contributed by atoms with E-state index in [0.717, 1.165) is 40.7 Å². The topological polar surface area (TPSA) is 78.0 Å². The summed E-state index contributed by atoms with van der Waals surface area (Å²) in [5.74, 6) is 0.901. The summed E-state index contributed by atoms with van der Waals surface area (Å²) in [7, 11) is 0. The van der Waals surface area contributed by atoms with Crippen LogP contribution in [-0.2, 0) is 0 Å². The largest absolute Gasteiger partial charge is 0.352 e. The van der Waals surface area contributed by atoms with Gasteiger partial charge in [0.05, 0.1) is 11.0 Å². The predicted molar refractivity (Wildman–Crippen MR) is 104 cm³/mol. The van der Waals surface area contributed by atoms with Gasteiger partial charge in [0.25, 0.3) is 5.91 Å². The highest BCUT2D eigenvalue weighted by molar-refractivity contribution is 6.04. The average molecular weight is 358 g/mol. The van der Waals surface area contributed by atoms with Gasteiger partial charge in [-0.15, -0.1) is 0 Å². The Kier molecular flexibility index (Phi) is 3.71. The van der Waals surface area contributed by atoms with E-state index in [1.54, 1.807) is 6.33 Å². The number of carbonyl (C=O) groups is 1. The number of hydrogen-bond acceptors (Lipinski definition) is 5. The number of aromatic nitrogens is 4. The molecule has 0 aliphatic carbocycles. The molecule has 27 heavy (non-hydrogen) atoms. The van der Waals surface area contributed by atoms with Crippen molar-refractivity contribution in [3.05, 3.63) is 60.6 Å². The van der Waals surface area contributed by atoms with Crippen molar-refractivity contribution < 1.29 is 4.79 Å². The highest BCUT2D eigenvalue weighted by Gasteiger charge is 2.26. The Hall–Kier alpha value is -3.48. The zero-order valence-corrected chi connectivity index (χ0v) is 14.7. The highest BCUT2D eigenvalue weighted by Crippen LogP contribution is 2.24. The van der Waals surface area contributed by atoms with Crippen molar-refractivity contribution in [2.24, 2.45) is 0 Å². The van der Waals surface area contributed by atoms with Crippen molar-refractivity contribution in [3.8, 4) is 0 Å². The van der Waals surface area contributed by atoms with Crippen molar-refractivity contribution in [2.45, 2.75) is 0 Å². The van der Waals surface area contributed by atoms with Crippen LogP contribution in [0.4, 0.5) is 5.82 Å². The van der Waals surface area contributed by atoms with Gasteiger partial charge >= 0.3 is 0 Å². The van der Waals surface area contributed by atoms with Crippen LogP contribution in [0.5, 0.6) is 0 Å². The molecule has 4 aromatic rings. The normalized spacial score (nSPS) is 14.8. The molecule has 0 bridgehead atoms. The van der Waals surface area contributed by atoms with Crippen molar-refractivity contribution >= 4 is 33.5 Å². The van der Waals surface area contributed by atoms with E-state index in [2.05, 4.69) is 25.1 Å². The second kappa shape index (κ2) is 6.35. The lowest BCUT2D eigenvalue weighted by Gasteiger charge is -2.35. The number of piperazine rings is 1. The monoisotopic (exact) mass is 358 g/mol. The zero-order valence-electron chi connectivity index (χ0n) is 14.7. The van der Waals surface area contributed by atoms with Crippen LogP contribution in [0, 0.1) is 0 Å². The Morgan fingerprint density at radius 3 is 2.48 bits per heavy atom. The summed E-state index contributed by atoms with van der Waals surface area (Å²) in [6, 6.07) is 15.7. The highest BCUT2D eigenvalue weighted by atomic mass is 16.2. The van der Waals surface area contributed by atoms with Crippen molar-refractivity contribution in [3.63, 3.8) is 0 Å². The number of benzene rings is 2. The van der Waals surface area contributed by atoms with Crippen LogP contribution in [0.25, 0.3) is 21.8 Å². The summed E-state index contributed by atoms with van der Waals surface area (Å²) in [5, 5.41) is 9.08. The molecule has 1 amide bonds. The van der Waals surface area contributed by atoms with E-state index in [4.69, 9.17) is 0 Å². The van der Waals surface area contributed by atoms with Gasteiger partial charge in [-0.25, -0.2) is 9.97 Å². The van der Waals surface area contributed by atoms with Crippen LogP contribution < -0.4 is 4.90 Å². The molecular weight excluding hydrogens is 340 g/mol. The Bertz CT molecular complexity index is 1120. The molecule has 7 nitrogen and oxygen atoms in total. The van der Waals surface area contributed by atoms with Crippen LogP contribution in [0.2, 0.25) is 0 Å². The summed E-state index contributed by atoms with van der Waals surface area (Å²) in [5.41, 5.74) is 2.31. The van der Waals surface area contributed by atoms with Gasteiger partial charge in [0, 0.05) is 37.0 Å². The van der Waals surface area contributed by atoms with Gasteiger partial charge < -0.3 is 9.80 Å². The van der Waals surface area contributed by atoms with Gasteiger partial charge in [0.1, 0.15) is 12.1 Å². The molecule has 7 heteroatoms. The standard InChI is InChI=1S/C20H18N6O/c27-20(18-14-5-1-4-8-17(14)23-24-18)26-11-9-25(10-12-26)19-15-6-2-3-7-16(15)21-13-22-19/h1-8,13H,9-12H2,(H,23,24). The predicted octanol–water partition coefficient (Wildman–Crippen LogP) is 2.47. The van der Waals surface area contributed by atoms with Crippen LogP contribution in [0.15, 0.2) is 54.9 Å². The fourth-order valence-corrected chi connectivity index (χ4v) is 3.64. The van der Waals surface area contributed by atoms with E-state index < -0.39 is 0 Å². The number of nitrogens with zero attached hydrogens (tertiary/aromatic N) is 5. The third-order valence-electron chi connectivity index (χ3n) is 5.06. The minimum Gasteiger partial charge on any atom is -0.352 e. The Labute approximate surface area is 155 Å². The van der Waals surface area contributed by atoms with Crippen LogP contribution in [-0.4, -0.2) is 57.2 Å². The Morgan fingerprint density at radius 2 is 1.63 bits per heavy atom. The maximum absolute atomic E-state index is 12.9. The maximum Gasteiger partial charge on any atom is 0.275 e. The number of nitrogens with one attached hydrogen (secondary N) is 1. The molecule has 1 N–H and O–H groups in total. The SMILES string of the molecule is O=C(c1n[nH]c2ccccc12)N1CCN(c2ncnc3ccccc23)CC1. The summed E-state index contributed by atoms with van der Waals surface area (Å²) in [6.07, 6.45) is 1.60. The number of carbonyl (C=O) groups excluding carboxylic acids is 1. The number of fused-ring (bicyclic) bond motifs is 2. The van der Waals surface area contributed by atoms with Crippen LogP contribution >= 0.6 is 0 Å². The average Bonchev–Trinajstić information content (AvgIpc) is 3.17. The number of hydrogen-bond donors (Lipinski definition) is 1. The van der Waals surface area contributed by atoms with Gasteiger partial charge in [0.15, 0.2) is 5.69 Å². The first kappa shape index (κ1) is 15.7. The number of rotatable bonds is 2. The minimum absolute atomic E-state index is 0.0281. The maximum atomic E-state index is 12.9. The molecule has 1 fully saturated rings. The molecule has 134 valence electrons. The fourth-order valence-electron chi connectivity index (χ4n) is 3.64. The lowest BCUT2D eigenvalue weighted by Crippen LogP contribution is -2.49. The van der Waals surface area contributed by atoms with Crippen molar-refractivity contribution in [1.29, 1.82) is 0 Å². The van der Waals surface area contributed by atoms with Gasteiger partial charge in [-0.1, -0.05) is 30.3 Å². The molecule has 1 aliphatic heterocycles. The lowest BCUT2D eigenvalue weighted by molar-refractivity contribution is 0.0742. The third-order valence-corrected chi connectivity index (χ3v) is 5.06. The van der Waals surface area contributed by atoms with Gasteiger partial charge in [0.2, 0.25) is 0 Å². The van der Waals surface area contributed by atoms with E-state index in [1.165, 1.54) is 0 Å². The van der Waals surface area contributed by atoms with E-state index in [-0.39, 0.29) is 5.91 Å². The molecule has 0 spiro atoms. The first-order valence-corrected chi connectivity index (χ1v) is 8.98. The molecule has 1 saturated heterocycles. The van der Waals surface area contributed by atoms with Crippen molar-refractivity contribution in [2.75, 3.05) is 31.1 Å². The molecule has 2 aromatic heterocycles. The van der Waals surface area contributed by atoms with Gasteiger partial charge in [-0.05, 0) is 18.2 Å². The van der Waals surface area contributed by atoms with E-state index in [0.29, 0.717) is 18.8 Å². The Morgan fingerprint density at radius 1 is 0.889 bits per heavy atom. The molecule has 3 heterocycles. The quantitative estimate of drug-likeness (QED) is 0.596. The van der Waals surface area contributed by atoms with E-state index >= 15 is 0 Å². The summed E-state index contributed by atoms with van der Waals surface area (Å²) in [6.45, 7) is 2.74. The van der Waals surface area contributed by atoms with Gasteiger partial charge in [-0.2, -0.15) is 5.10 Å². The first-order valence-electron chi connectivity index (χ1n) is 8.98. The Balaban J connectivity index is 1.36. The molecule has 0 unspecified atom stereocenters. The van der Waals surface area contributed by atoms with Gasteiger partial charge in [-0.3, -0.25) is 9.89 Å². The number of amides is 1. The summed E-state index contributed by atoms with van der Waals surface area (Å²) < 4.78 is 0. The minimum atomic E-state index is -0.0281. The summed E-state index contributed by atoms with van der Waals surface area (Å²) in [4.78, 5) is 25.8. The molecular formula is C20H18N6O. The lowest BCUT2D eigenvalue weighted by atomic mass is 10.1. The van der Waals surface area contributed by atoms with Crippen molar-refractivity contribution in [1.82, 2.24) is 25.1 Å². The first-order chi connectivity index (χ1) is 13.3. The third kappa shape index (κ3) is 2.68. The fraction of sp³-hybridized carbons (Fsp3) is 0.200. The van der Waals surface area contributed by atoms with E-state index in [1.807, 2.05) is 53.4 Å². The number of H-pyrrole nitrogens is 1. The zero-order chi connectivity index (χ0) is 18.2. The number of para-hydroxylation sites is 2. The molecule has 1 aliphatic rings. The molecule has 2 aromatic carbocycles. The van der Waals surface area contributed by atoms with Crippen LogP contribution in [0.1, 0.15) is 10.5 Å². The number of anilines is 1. The van der Waals surface area contributed by atoms with E-state index in [9.17, 15) is 4.79 Å². The molecule has 0 atom stereocenters. The molecule has 5 rings (SSSR count). The smallest absolute Gasteiger partial charge is 0.275 e. The summed E-state index contributed by atoms with van der Waals surface area (Å²) >= 11 is 0. The second-order valence-electron chi connectivity index (χ2n) is 6.61. The number of aromatic amines is 1. The molecule has 0 radical (unpaired) electrons.